The van der Waals surface area contributed by atoms with Gasteiger partial charge in [-0.05, 0) is 5.56 Å². The largest absolute Gasteiger partial charge is 0.479 e. The summed E-state index contributed by atoms with van der Waals surface area (Å²) in [5, 5.41) is 20.5. The standard InChI is InChI=1S/C16H11BrO4/c17-15(10-6-2-1-3-7-10)13(18)11-8-4-5-9-12(11)16(15,21)14(19)20/h1-9,21H,(H,19,20). The Labute approximate surface area is 129 Å². The molecule has 106 valence electrons. The summed E-state index contributed by atoms with van der Waals surface area (Å²) in [5.74, 6) is -1.93. The zero-order chi connectivity index (χ0) is 15.3. The third-order valence-corrected chi connectivity index (χ3v) is 5.25. The molecule has 2 atom stereocenters. The van der Waals surface area contributed by atoms with E-state index in [-0.39, 0.29) is 11.1 Å². The lowest BCUT2D eigenvalue weighted by Gasteiger charge is -2.33. The van der Waals surface area contributed by atoms with Crippen LogP contribution in [0.2, 0.25) is 0 Å². The molecular weight excluding hydrogens is 336 g/mol. The Morgan fingerprint density at radius 2 is 1.57 bits per heavy atom. The number of halogens is 1. The average Bonchev–Trinajstić information content (AvgIpc) is 2.70. The van der Waals surface area contributed by atoms with Gasteiger partial charge in [0.15, 0.2) is 10.1 Å². The number of aliphatic carboxylic acids is 1. The highest BCUT2D eigenvalue weighted by molar-refractivity contribution is 9.10. The van der Waals surface area contributed by atoms with Gasteiger partial charge in [-0.2, -0.15) is 0 Å². The van der Waals surface area contributed by atoms with E-state index in [0.717, 1.165) is 0 Å². The summed E-state index contributed by atoms with van der Waals surface area (Å²) in [6.07, 6.45) is 0. The van der Waals surface area contributed by atoms with Gasteiger partial charge in [0, 0.05) is 11.1 Å². The zero-order valence-corrected chi connectivity index (χ0v) is 12.4. The Morgan fingerprint density at radius 3 is 2.19 bits per heavy atom. The van der Waals surface area contributed by atoms with Crippen molar-refractivity contribution in [2.24, 2.45) is 0 Å². The number of alkyl halides is 1. The van der Waals surface area contributed by atoms with Crippen molar-refractivity contribution in [2.45, 2.75) is 9.93 Å². The highest BCUT2D eigenvalue weighted by Crippen LogP contribution is 2.55. The number of aliphatic hydroxyl groups is 1. The number of benzene rings is 2. The predicted octanol–water partition coefficient (Wildman–Crippen LogP) is 2.45. The lowest BCUT2D eigenvalue weighted by atomic mass is 9.81. The van der Waals surface area contributed by atoms with E-state index in [9.17, 15) is 19.8 Å². The minimum absolute atomic E-state index is 0.100. The van der Waals surface area contributed by atoms with Crippen LogP contribution in [0.15, 0.2) is 54.6 Å². The summed E-state index contributed by atoms with van der Waals surface area (Å²) >= 11 is 3.24. The maximum absolute atomic E-state index is 12.8. The van der Waals surface area contributed by atoms with Gasteiger partial charge in [0.2, 0.25) is 5.60 Å². The maximum Gasteiger partial charge on any atom is 0.342 e. The van der Waals surface area contributed by atoms with E-state index >= 15 is 0 Å². The number of fused-ring (bicyclic) bond motifs is 1. The van der Waals surface area contributed by atoms with Crippen LogP contribution in [0.1, 0.15) is 21.5 Å². The van der Waals surface area contributed by atoms with Gasteiger partial charge in [0.05, 0.1) is 0 Å². The van der Waals surface area contributed by atoms with Gasteiger partial charge in [-0.3, -0.25) is 4.79 Å². The monoisotopic (exact) mass is 346 g/mol. The molecule has 0 saturated carbocycles. The maximum atomic E-state index is 12.8. The van der Waals surface area contributed by atoms with Crippen molar-refractivity contribution in [2.75, 3.05) is 0 Å². The number of carbonyl (C=O) groups is 2. The number of Topliss-reactive ketones (excluding diaryl/α,β-unsaturated/α-hetero) is 1. The molecule has 0 saturated heterocycles. The number of hydrogen-bond donors (Lipinski definition) is 2. The van der Waals surface area contributed by atoms with Gasteiger partial charge >= 0.3 is 5.97 Å². The Kier molecular flexibility index (Phi) is 3.00. The molecule has 0 bridgehead atoms. The van der Waals surface area contributed by atoms with Crippen molar-refractivity contribution in [1.29, 1.82) is 0 Å². The minimum Gasteiger partial charge on any atom is -0.479 e. The molecular formula is C16H11BrO4. The van der Waals surface area contributed by atoms with E-state index in [1.165, 1.54) is 12.1 Å². The normalized spacial score (nSPS) is 27.4. The van der Waals surface area contributed by atoms with Crippen molar-refractivity contribution < 1.29 is 19.8 Å². The van der Waals surface area contributed by atoms with E-state index in [1.807, 2.05) is 0 Å². The second-order valence-electron chi connectivity index (χ2n) is 4.91. The Hall–Kier alpha value is -1.98. The van der Waals surface area contributed by atoms with E-state index in [1.54, 1.807) is 42.5 Å². The summed E-state index contributed by atoms with van der Waals surface area (Å²) in [6, 6.07) is 14.6. The fourth-order valence-electron chi connectivity index (χ4n) is 2.80. The number of carbonyl (C=O) groups excluding carboxylic acids is 1. The van der Waals surface area contributed by atoms with Gasteiger partial charge in [0.1, 0.15) is 0 Å². The molecule has 3 rings (SSSR count). The summed E-state index contributed by atoms with van der Waals surface area (Å²) < 4.78 is -1.74. The predicted molar refractivity (Wildman–Crippen MR) is 79.4 cm³/mol. The molecule has 0 aromatic heterocycles. The molecule has 5 heteroatoms. The highest BCUT2D eigenvalue weighted by Gasteiger charge is 2.67. The van der Waals surface area contributed by atoms with Crippen LogP contribution >= 0.6 is 15.9 Å². The minimum atomic E-state index is -2.36. The Morgan fingerprint density at radius 1 is 1.00 bits per heavy atom. The lowest BCUT2D eigenvalue weighted by Crippen LogP contribution is -2.50. The molecule has 0 heterocycles. The quantitative estimate of drug-likeness (QED) is 0.819. The van der Waals surface area contributed by atoms with Crippen molar-refractivity contribution in [3.05, 3.63) is 71.3 Å². The first-order valence-corrected chi connectivity index (χ1v) is 7.08. The first kappa shape index (κ1) is 14.0. The molecule has 1 aliphatic rings. The topological polar surface area (TPSA) is 74.6 Å². The molecule has 2 N–H and O–H groups in total. The van der Waals surface area contributed by atoms with E-state index in [2.05, 4.69) is 15.9 Å². The number of ketones is 1. The number of rotatable bonds is 2. The van der Waals surface area contributed by atoms with Gasteiger partial charge < -0.3 is 10.2 Å². The van der Waals surface area contributed by atoms with Crippen LogP contribution in [0.3, 0.4) is 0 Å². The molecule has 0 fully saturated rings. The first-order valence-electron chi connectivity index (χ1n) is 6.28. The molecule has 2 aromatic rings. The third-order valence-electron chi connectivity index (χ3n) is 3.85. The molecule has 2 unspecified atom stereocenters. The van der Waals surface area contributed by atoms with E-state index in [0.29, 0.717) is 5.56 Å². The second-order valence-corrected chi connectivity index (χ2v) is 6.10. The highest BCUT2D eigenvalue weighted by atomic mass is 79.9. The van der Waals surface area contributed by atoms with E-state index in [4.69, 9.17) is 0 Å². The number of carboxylic acid groups (broad SMARTS) is 1. The molecule has 1 aliphatic carbocycles. The van der Waals surface area contributed by atoms with Crippen molar-refractivity contribution in [1.82, 2.24) is 0 Å². The van der Waals surface area contributed by atoms with Crippen LogP contribution in [0, 0.1) is 0 Å². The summed E-state index contributed by atoms with van der Waals surface area (Å²) in [5.41, 5.74) is -1.65. The van der Waals surface area contributed by atoms with Crippen LogP contribution < -0.4 is 0 Å². The fraction of sp³-hybridized carbons (Fsp3) is 0.125. The molecule has 4 nitrogen and oxygen atoms in total. The Balaban J connectivity index is 2.37. The fourth-order valence-corrected chi connectivity index (χ4v) is 3.66. The summed E-state index contributed by atoms with van der Waals surface area (Å²) in [7, 11) is 0. The number of hydrogen-bond acceptors (Lipinski definition) is 3. The second kappa shape index (κ2) is 4.51. The molecule has 0 amide bonds. The van der Waals surface area contributed by atoms with Crippen molar-refractivity contribution in [3.63, 3.8) is 0 Å². The number of carboxylic acids is 1. The van der Waals surface area contributed by atoms with Crippen molar-refractivity contribution in [3.8, 4) is 0 Å². The van der Waals surface area contributed by atoms with Crippen LogP contribution in [0.4, 0.5) is 0 Å². The molecule has 0 radical (unpaired) electrons. The van der Waals surface area contributed by atoms with Crippen LogP contribution in [-0.4, -0.2) is 22.0 Å². The van der Waals surface area contributed by atoms with Crippen LogP contribution in [0.5, 0.6) is 0 Å². The Bertz CT molecular complexity index is 743. The molecule has 2 aromatic carbocycles. The van der Waals surface area contributed by atoms with Gasteiger partial charge in [-0.1, -0.05) is 70.5 Å². The van der Waals surface area contributed by atoms with Gasteiger partial charge in [-0.15, -0.1) is 0 Å². The zero-order valence-electron chi connectivity index (χ0n) is 10.8. The van der Waals surface area contributed by atoms with Gasteiger partial charge in [0.25, 0.3) is 0 Å². The summed E-state index contributed by atoms with van der Waals surface area (Å²) in [6.45, 7) is 0. The van der Waals surface area contributed by atoms with E-state index < -0.39 is 21.7 Å². The lowest BCUT2D eigenvalue weighted by molar-refractivity contribution is -0.161. The van der Waals surface area contributed by atoms with Crippen LogP contribution in [0.25, 0.3) is 0 Å². The van der Waals surface area contributed by atoms with Crippen molar-refractivity contribution >= 4 is 27.7 Å². The SMILES string of the molecule is O=C(O)C1(O)c2ccccc2C(=O)C1(Br)c1ccccc1. The van der Waals surface area contributed by atoms with Crippen LogP contribution in [-0.2, 0) is 14.7 Å². The summed E-state index contributed by atoms with van der Waals surface area (Å²) in [4.78, 5) is 24.6. The first-order chi connectivity index (χ1) is 9.94. The molecule has 21 heavy (non-hydrogen) atoms. The average molecular weight is 347 g/mol. The third kappa shape index (κ3) is 1.58. The molecule has 0 aliphatic heterocycles. The smallest absolute Gasteiger partial charge is 0.342 e. The molecule has 0 spiro atoms. The van der Waals surface area contributed by atoms with Gasteiger partial charge in [-0.25, -0.2) is 4.79 Å².